The molecule has 0 radical (unpaired) electrons. The Balaban J connectivity index is 5.01. The molecule has 8 nitrogen and oxygen atoms in total. The SMILES string of the molecule is C=CC(=O)OC(C)(OC(=O)C=C)OC(=O)C=CC(=O)O. The van der Waals surface area contributed by atoms with Gasteiger partial charge in [0.1, 0.15) is 0 Å². The summed E-state index contributed by atoms with van der Waals surface area (Å²) >= 11 is 0. The van der Waals surface area contributed by atoms with Gasteiger partial charge in [-0.15, -0.1) is 0 Å². The Kier molecular flexibility index (Phi) is 6.43. The van der Waals surface area contributed by atoms with Crippen LogP contribution in [0, 0.1) is 0 Å². The molecule has 0 amide bonds. The zero-order valence-electron chi connectivity index (χ0n) is 10.5. The lowest BCUT2D eigenvalue weighted by Crippen LogP contribution is -2.40. The zero-order chi connectivity index (χ0) is 15.8. The van der Waals surface area contributed by atoms with Crippen molar-refractivity contribution in [1.82, 2.24) is 0 Å². The third-order valence-electron chi connectivity index (χ3n) is 1.55. The molecule has 0 aliphatic carbocycles. The van der Waals surface area contributed by atoms with Crippen LogP contribution >= 0.6 is 0 Å². The highest BCUT2D eigenvalue weighted by Crippen LogP contribution is 2.16. The standard InChI is InChI=1S/C12H12O8/c1-4-9(15)18-12(3,19-10(16)5-2)20-11(17)7-6-8(13)14/h4-7H,1-2H2,3H3,(H,13,14). The van der Waals surface area contributed by atoms with E-state index in [2.05, 4.69) is 27.4 Å². The molecular formula is C12H12O8. The Morgan fingerprint density at radius 2 is 1.30 bits per heavy atom. The maximum absolute atomic E-state index is 11.3. The number of carboxylic acid groups (broad SMARTS) is 1. The summed E-state index contributed by atoms with van der Waals surface area (Å²) in [6.45, 7) is 7.19. The van der Waals surface area contributed by atoms with Crippen LogP contribution in [0.1, 0.15) is 6.92 Å². The number of hydrogen-bond donors (Lipinski definition) is 1. The molecule has 0 aliphatic rings. The minimum atomic E-state index is -2.38. The van der Waals surface area contributed by atoms with Crippen molar-refractivity contribution in [2.45, 2.75) is 12.9 Å². The Hall–Kier alpha value is -2.90. The molecule has 0 rings (SSSR count). The summed E-state index contributed by atoms with van der Waals surface area (Å²) in [4.78, 5) is 43.7. The van der Waals surface area contributed by atoms with Gasteiger partial charge in [-0.25, -0.2) is 19.2 Å². The lowest BCUT2D eigenvalue weighted by atomic mass is 10.5. The first kappa shape index (κ1) is 17.1. The smallest absolute Gasteiger partial charge is 0.421 e. The summed E-state index contributed by atoms with van der Waals surface area (Å²) in [7, 11) is 0. The van der Waals surface area contributed by atoms with Crippen molar-refractivity contribution in [3.05, 3.63) is 37.5 Å². The van der Waals surface area contributed by atoms with Gasteiger partial charge in [-0.05, 0) is 0 Å². The largest absolute Gasteiger partial charge is 0.478 e. The number of hydrogen-bond acceptors (Lipinski definition) is 7. The van der Waals surface area contributed by atoms with Gasteiger partial charge in [0.15, 0.2) is 0 Å². The van der Waals surface area contributed by atoms with Crippen molar-refractivity contribution < 1.29 is 38.5 Å². The molecule has 0 saturated carbocycles. The van der Waals surface area contributed by atoms with Crippen molar-refractivity contribution in [1.29, 1.82) is 0 Å². The first-order valence-corrected chi connectivity index (χ1v) is 5.07. The highest BCUT2D eigenvalue weighted by Gasteiger charge is 2.36. The average Bonchev–Trinajstić information content (AvgIpc) is 2.35. The summed E-state index contributed by atoms with van der Waals surface area (Å²) in [5, 5.41) is 8.34. The fraction of sp³-hybridized carbons (Fsp3) is 0.167. The van der Waals surface area contributed by atoms with Crippen LogP contribution in [-0.4, -0.2) is 35.0 Å². The molecular weight excluding hydrogens is 272 g/mol. The third kappa shape index (κ3) is 6.74. The van der Waals surface area contributed by atoms with E-state index >= 15 is 0 Å². The normalized spacial score (nSPS) is 10.4. The molecule has 0 heterocycles. The number of carbonyl (C=O) groups is 4. The van der Waals surface area contributed by atoms with E-state index in [9.17, 15) is 19.2 Å². The predicted octanol–water partition coefficient (Wildman–Crippen LogP) is 0.302. The molecule has 0 saturated heterocycles. The molecule has 0 aromatic rings. The van der Waals surface area contributed by atoms with Crippen LogP contribution in [0.4, 0.5) is 0 Å². The van der Waals surface area contributed by atoms with E-state index in [0.29, 0.717) is 12.2 Å². The van der Waals surface area contributed by atoms with Gasteiger partial charge in [-0.2, -0.15) is 0 Å². The van der Waals surface area contributed by atoms with Crippen LogP contribution in [0.5, 0.6) is 0 Å². The molecule has 0 spiro atoms. The van der Waals surface area contributed by atoms with Crippen LogP contribution in [-0.2, 0) is 33.4 Å². The Labute approximate surface area is 113 Å². The van der Waals surface area contributed by atoms with E-state index in [1.165, 1.54) is 0 Å². The lowest BCUT2D eigenvalue weighted by Gasteiger charge is -2.26. The summed E-state index contributed by atoms with van der Waals surface area (Å²) in [6.07, 6.45) is 2.54. The van der Waals surface area contributed by atoms with Gasteiger partial charge in [0.25, 0.3) is 0 Å². The predicted molar refractivity (Wildman–Crippen MR) is 63.9 cm³/mol. The number of carboxylic acids is 1. The number of rotatable bonds is 7. The molecule has 0 atom stereocenters. The first-order valence-electron chi connectivity index (χ1n) is 5.07. The topological polar surface area (TPSA) is 116 Å². The summed E-state index contributed by atoms with van der Waals surface area (Å²) in [6, 6.07) is 0. The molecule has 8 heteroatoms. The molecule has 20 heavy (non-hydrogen) atoms. The van der Waals surface area contributed by atoms with E-state index in [1.807, 2.05) is 0 Å². The first-order chi connectivity index (χ1) is 9.22. The van der Waals surface area contributed by atoms with Gasteiger partial charge in [0, 0.05) is 24.3 Å². The molecule has 108 valence electrons. The van der Waals surface area contributed by atoms with Gasteiger partial charge in [0.05, 0.1) is 6.92 Å². The number of esters is 3. The van der Waals surface area contributed by atoms with E-state index in [4.69, 9.17) is 5.11 Å². The number of carbonyl (C=O) groups excluding carboxylic acids is 3. The molecule has 1 N–H and O–H groups in total. The molecule has 0 unspecified atom stereocenters. The van der Waals surface area contributed by atoms with Crippen LogP contribution in [0.2, 0.25) is 0 Å². The number of ether oxygens (including phenoxy) is 3. The molecule has 0 aliphatic heterocycles. The Morgan fingerprint density at radius 3 is 1.65 bits per heavy atom. The van der Waals surface area contributed by atoms with Crippen molar-refractivity contribution >= 4 is 23.9 Å². The second kappa shape index (κ2) is 7.52. The highest BCUT2D eigenvalue weighted by molar-refractivity contribution is 5.91. The van der Waals surface area contributed by atoms with Gasteiger partial charge in [-0.3, -0.25) is 0 Å². The summed E-state index contributed by atoms with van der Waals surface area (Å²) in [5.41, 5.74) is 0. The molecule has 0 bridgehead atoms. The van der Waals surface area contributed by atoms with Gasteiger partial charge >= 0.3 is 29.9 Å². The van der Waals surface area contributed by atoms with Crippen LogP contribution in [0.15, 0.2) is 37.5 Å². The van der Waals surface area contributed by atoms with Gasteiger partial charge in [-0.1, -0.05) is 13.2 Å². The van der Waals surface area contributed by atoms with Crippen molar-refractivity contribution in [2.24, 2.45) is 0 Å². The highest BCUT2D eigenvalue weighted by atomic mass is 16.9. The summed E-state index contributed by atoms with van der Waals surface area (Å²) in [5.74, 6) is -7.03. The Morgan fingerprint density at radius 1 is 0.900 bits per heavy atom. The zero-order valence-corrected chi connectivity index (χ0v) is 10.5. The lowest BCUT2D eigenvalue weighted by molar-refractivity contribution is -0.314. The minimum absolute atomic E-state index is 0.493. The maximum atomic E-state index is 11.3. The van der Waals surface area contributed by atoms with Crippen LogP contribution in [0.25, 0.3) is 0 Å². The van der Waals surface area contributed by atoms with Crippen LogP contribution < -0.4 is 0 Å². The second-order valence-corrected chi connectivity index (χ2v) is 3.21. The maximum Gasteiger partial charge on any atom is 0.421 e. The van der Waals surface area contributed by atoms with Crippen molar-refractivity contribution in [3.8, 4) is 0 Å². The third-order valence-corrected chi connectivity index (χ3v) is 1.55. The van der Waals surface area contributed by atoms with Gasteiger partial charge < -0.3 is 19.3 Å². The van der Waals surface area contributed by atoms with Crippen molar-refractivity contribution in [3.63, 3.8) is 0 Å². The molecule has 0 aromatic carbocycles. The van der Waals surface area contributed by atoms with E-state index in [-0.39, 0.29) is 0 Å². The number of aliphatic carboxylic acids is 1. The van der Waals surface area contributed by atoms with Gasteiger partial charge in [0.2, 0.25) is 0 Å². The van der Waals surface area contributed by atoms with E-state index in [0.717, 1.165) is 19.1 Å². The second-order valence-electron chi connectivity index (χ2n) is 3.21. The molecule has 0 aromatic heterocycles. The van der Waals surface area contributed by atoms with E-state index < -0.39 is 29.9 Å². The minimum Gasteiger partial charge on any atom is -0.478 e. The van der Waals surface area contributed by atoms with Crippen LogP contribution in [0.3, 0.4) is 0 Å². The fourth-order valence-corrected chi connectivity index (χ4v) is 0.867. The Bertz CT molecular complexity index is 452. The monoisotopic (exact) mass is 284 g/mol. The average molecular weight is 284 g/mol. The van der Waals surface area contributed by atoms with E-state index in [1.54, 1.807) is 0 Å². The van der Waals surface area contributed by atoms with Crippen molar-refractivity contribution in [2.75, 3.05) is 0 Å². The fourth-order valence-electron chi connectivity index (χ4n) is 0.867. The summed E-state index contributed by atoms with van der Waals surface area (Å²) < 4.78 is 13.7. The molecule has 0 fully saturated rings. The quantitative estimate of drug-likeness (QED) is 0.403.